The van der Waals surface area contributed by atoms with Gasteiger partial charge in [0.05, 0.1) is 13.2 Å². The van der Waals surface area contributed by atoms with E-state index in [4.69, 9.17) is 4.74 Å². The minimum Gasteiger partial charge on any atom is -0.497 e. The third kappa shape index (κ3) is 4.21. The molecule has 0 saturated carbocycles. The van der Waals surface area contributed by atoms with Gasteiger partial charge in [0.1, 0.15) is 5.75 Å². The van der Waals surface area contributed by atoms with Crippen molar-refractivity contribution >= 4 is 5.91 Å². The molecular weight excluding hydrogens is 264 g/mol. The zero-order valence-corrected chi connectivity index (χ0v) is 13.3. The van der Waals surface area contributed by atoms with Gasteiger partial charge >= 0.3 is 0 Å². The Labute approximate surface area is 127 Å². The van der Waals surface area contributed by atoms with Gasteiger partial charge < -0.3 is 9.64 Å². The Kier molecular flexibility index (Phi) is 5.62. The number of amides is 1. The van der Waals surface area contributed by atoms with Crippen LogP contribution in [0.15, 0.2) is 24.3 Å². The van der Waals surface area contributed by atoms with Crippen LogP contribution in [0.3, 0.4) is 0 Å². The molecule has 2 atom stereocenters. The first-order valence-electron chi connectivity index (χ1n) is 7.80. The predicted octanol–water partition coefficient (Wildman–Crippen LogP) is 2.75. The highest BCUT2D eigenvalue weighted by molar-refractivity contribution is 5.81. The van der Waals surface area contributed by atoms with Gasteiger partial charge in [-0.1, -0.05) is 12.1 Å². The van der Waals surface area contributed by atoms with E-state index in [9.17, 15) is 4.79 Å². The van der Waals surface area contributed by atoms with Gasteiger partial charge in [0, 0.05) is 19.1 Å². The molecule has 0 aromatic heterocycles. The summed E-state index contributed by atoms with van der Waals surface area (Å²) in [6.45, 7) is 5.85. The van der Waals surface area contributed by atoms with Gasteiger partial charge in [0.15, 0.2) is 0 Å². The van der Waals surface area contributed by atoms with Crippen LogP contribution in [0.25, 0.3) is 0 Å². The van der Waals surface area contributed by atoms with Crippen LogP contribution in [-0.4, -0.2) is 37.0 Å². The van der Waals surface area contributed by atoms with Crippen molar-refractivity contribution in [2.45, 2.75) is 45.2 Å². The Morgan fingerprint density at radius 2 is 1.76 bits per heavy atom. The van der Waals surface area contributed by atoms with Crippen molar-refractivity contribution in [2.24, 2.45) is 0 Å². The number of methoxy groups -OCH3 is 1. The lowest BCUT2D eigenvalue weighted by Crippen LogP contribution is -2.47. The van der Waals surface area contributed by atoms with E-state index in [1.165, 1.54) is 6.42 Å². The number of nitrogens with zero attached hydrogens (tertiary/aromatic N) is 1. The second-order valence-electron chi connectivity index (χ2n) is 5.77. The summed E-state index contributed by atoms with van der Waals surface area (Å²) in [7, 11) is 1.66. The van der Waals surface area contributed by atoms with Crippen molar-refractivity contribution in [3.8, 4) is 5.75 Å². The maximum Gasteiger partial charge on any atom is 0.239 e. The summed E-state index contributed by atoms with van der Waals surface area (Å²) < 4.78 is 5.17. The maximum atomic E-state index is 12.4. The largest absolute Gasteiger partial charge is 0.497 e. The number of ether oxygens (including phenoxy) is 1. The van der Waals surface area contributed by atoms with Crippen LogP contribution in [-0.2, 0) is 4.79 Å². The lowest BCUT2D eigenvalue weighted by Gasteiger charge is -2.30. The summed E-state index contributed by atoms with van der Waals surface area (Å²) in [5, 5.41) is 3.40. The summed E-state index contributed by atoms with van der Waals surface area (Å²) in [5.74, 6) is 1.07. The van der Waals surface area contributed by atoms with Crippen molar-refractivity contribution in [1.29, 1.82) is 0 Å². The molecule has 0 spiro atoms. The van der Waals surface area contributed by atoms with E-state index in [0.717, 1.165) is 37.2 Å². The number of benzene rings is 1. The smallest absolute Gasteiger partial charge is 0.239 e. The van der Waals surface area contributed by atoms with Crippen LogP contribution in [0.2, 0.25) is 0 Å². The molecule has 21 heavy (non-hydrogen) atoms. The molecule has 4 nitrogen and oxygen atoms in total. The van der Waals surface area contributed by atoms with Gasteiger partial charge in [-0.2, -0.15) is 0 Å². The van der Waals surface area contributed by atoms with Crippen LogP contribution in [0.4, 0.5) is 0 Å². The molecule has 2 unspecified atom stereocenters. The van der Waals surface area contributed by atoms with E-state index in [2.05, 4.69) is 12.2 Å². The maximum absolute atomic E-state index is 12.4. The molecule has 116 valence electrons. The fraction of sp³-hybridized carbons (Fsp3) is 0.588. The van der Waals surface area contributed by atoms with Crippen molar-refractivity contribution in [3.05, 3.63) is 29.8 Å². The van der Waals surface area contributed by atoms with E-state index in [1.807, 2.05) is 36.1 Å². The number of hydrogen-bond acceptors (Lipinski definition) is 3. The number of hydrogen-bond donors (Lipinski definition) is 1. The Hall–Kier alpha value is -1.55. The van der Waals surface area contributed by atoms with E-state index in [1.54, 1.807) is 7.11 Å². The summed E-state index contributed by atoms with van der Waals surface area (Å²) in [5.41, 5.74) is 1.16. The molecule has 0 radical (unpaired) electrons. The van der Waals surface area contributed by atoms with Crippen LogP contribution in [0.1, 0.15) is 44.7 Å². The van der Waals surface area contributed by atoms with Crippen LogP contribution in [0, 0.1) is 0 Å². The number of carbonyl (C=O) groups excluding carboxylic acids is 1. The number of piperidine rings is 1. The van der Waals surface area contributed by atoms with Crippen LogP contribution < -0.4 is 10.1 Å². The minimum absolute atomic E-state index is 0.139. The lowest BCUT2D eigenvalue weighted by atomic mass is 10.1. The van der Waals surface area contributed by atoms with E-state index in [-0.39, 0.29) is 18.0 Å². The second-order valence-corrected chi connectivity index (χ2v) is 5.77. The average Bonchev–Trinajstić information content (AvgIpc) is 2.55. The highest BCUT2D eigenvalue weighted by atomic mass is 16.5. The molecule has 1 N–H and O–H groups in total. The van der Waals surface area contributed by atoms with Gasteiger partial charge in [-0.15, -0.1) is 0 Å². The first kappa shape index (κ1) is 15.8. The first-order chi connectivity index (χ1) is 10.1. The molecule has 1 aromatic carbocycles. The van der Waals surface area contributed by atoms with Crippen LogP contribution >= 0.6 is 0 Å². The fourth-order valence-electron chi connectivity index (χ4n) is 2.82. The summed E-state index contributed by atoms with van der Waals surface area (Å²) >= 11 is 0. The van der Waals surface area contributed by atoms with Gasteiger partial charge in [-0.3, -0.25) is 10.1 Å². The minimum atomic E-state index is -0.153. The summed E-state index contributed by atoms with van der Waals surface area (Å²) in [6, 6.07) is 7.96. The molecule has 4 heteroatoms. The molecule has 1 amide bonds. The van der Waals surface area contributed by atoms with E-state index in [0.29, 0.717) is 0 Å². The Morgan fingerprint density at radius 1 is 1.14 bits per heavy atom. The zero-order valence-electron chi connectivity index (χ0n) is 13.3. The first-order valence-corrected chi connectivity index (χ1v) is 7.80. The molecule has 1 heterocycles. The quantitative estimate of drug-likeness (QED) is 0.906. The predicted molar refractivity (Wildman–Crippen MR) is 84.4 cm³/mol. The number of rotatable bonds is 5. The van der Waals surface area contributed by atoms with Gasteiger partial charge in [0.25, 0.3) is 0 Å². The van der Waals surface area contributed by atoms with Crippen molar-refractivity contribution in [3.63, 3.8) is 0 Å². The fourth-order valence-corrected chi connectivity index (χ4v) is 2.82. The third-order valence-corrected chi connectivity index (χ3v) is 4.15. The molecule has 0 bridgehead atoms. The SMILES string of the molecule is COc1ccc(C(C)NC(C)C(=O)N2CCCCC2)cc1. The van der Waals surface area contributed by atoms with E-state index >= 15 is 0 Å². The molecular formula is C17H26N2O2. The average molecular weight is 290 g/mol. The second kappa shape index (κ2) is 7.46. The molecule has 1 aromatic rings. The van der Waals surface area contributed by atoms with Gasteiger partial charge in [-0.25, -0.2) is 0 Å². The molecule has 1 aliphatic heterocycles. The summed E-state index contributed by atoms with van der Waals surface area (Å²) in [4.78, 5) is 14.4. The topological polar surface area (TPSA) is 41.6 Å². The van der Waals surface area contributed by atoms with Crippen molar-refractivity contribution in [2.75, 3.05) is 20.2 Å². The van der Waals surface area contributed by atoms with E-state index < -0.39 is 0 Å². The standard InChI is InChI=1S/C17H26N2O2/c1-13(15-7-9-16(21-3)10-8-15)18-14(2)17(20)19-11-5-4-6-12-19/h7-10,13-14,18H,4-6,11-12H2,1-3H3. The monoisotopic (exact) mass is 290 g/mol. The van der Waals surface area contributed by atoms with Gasteiger partial charge in [-0.05, 0) is 50.8 Å². The Balaban J connectivity index is 1.90. The molecule has 1 saturated heterocycles. The molecule has 1 fully saturated rings. The van der Waals surface area contributed by atoms with Crippen molar-refractivity contribution < 1.29 is 9.53 Å². The third-order valence-electron chi connectivity index (χ3n) is 4.15. The van der Waals surface area contributed by atoms with Gasteiger partial charge in [0.2, 0.25) is 5.91 Å². The normalized spacial score (nSPS) is 18.1. The number of likely N-dealkylation sites (tertiary alicyclic amines) is 1. The Bertz CT molecular complexity index is 452. The lowest BCUT2D eigenvalue weighted by molar-refractivity contribution is -0.134. The molecule has 0 aliphatic carbocycles. The van der Waals surface area contributed by atoms with Crippen LogP contribution in [0.5, 0.6) is 5.75 Å². The zero-order chi connectivity index (χ0) is 15.2. The molecule has 2 rings (SSSR count). The Morgan fingerprint density at radius 3 is 2.33 bits per heavy atom. The highest BCUT2D eigenvalue weighted by Gasteiger charge is 2.23. The molecule has 1 aliphatic rings. The number of nitrogens with one attached hydrogen (secondary N) is 1. The van der Waals surface area contributed by atoms with Crippen molar-refractivity contribution in [1.82, 2.24) is 10.2 Å². The number of carbonyl (C=O) groups is 1. The summed E-state index contributed by atoms with van der Waals surface area (Å²) in [6.07, 6.45) is 3.51. The highest BCUT2D eigenvalue weighted by Crippen LogP contribution is 2.18.